The van der Waals surface area contributed by atoms with E-state index in [2.05, 4.69) is 4.98 Å². The van der Waals surface area contributed by atoms with Gasteiger partial charge in [-0.2, -0.15) is 9.65 Å². The summed E-state index contributed by atoms with van der Waals surface area (Å²) in [5, 5.41) is 8.93. The first kappa shape index (κ1) is 11.1. The van der Waals surface area contributed by atoms with Crippen molar-refractivity contribution < 1.29 is 9.13 Å². The van der Waals surface area contributed by atoms with Gasteiger partial charge in [-0.15, -0.1) is 0 Å². The highest BCUT2D eigenvalue weighted by molar-refractivity contribution is 5.70. The van der Waals surface area contributed by atoms with E-state index in [4.69, 9.17) is 10.00 Å². The summed E-state index contributed by atoms with van der Waals surface area (Å²) in [6.07, 6.45) is 1.23. The minimum atomic E-state index is -0.602. The molecule has 4 heteroatoms. The lowest BCUT2D eigenvalue weighted by atomic mass is 10.0. The van der Waals surface area contributed by atoms with Crippen LogP contribution in [-0.4, -0.2) is 12.1 Å². The number of hydrogen-bond donors (Lipinski definition) is 0. The molecule has 0 N–H and O–H groups in total. The number of benzene rings is 1. The van der Waals surface area contributed by atoms with E-state index < -0.39 is 5.95 Å². The van der Waals surface area contributed by atoms with Crippen molar-refractivity contribution in [2.24, 2.45) is 0 Å². The van der Waals surface area contributed by atoms with Crippen molar-refractivity contribution in [1.29, 1.82) is 5.26 Å². The molecule has 0 amide bonds. The van der Waals surface area contributed by atoms with Crippen LogP contribution in [0.1, 0.15) is 5.56 Å². The van der Waals surface area contributed by atoms with Crippen LogP contribution in [0, 0.1) is 17.3 Å². The molecule has 0 aliphatic carbocycles. The SMILES string of the molecule is COc1ccc(-c2cc(F)ncc2C#N)cc1. The minimum absolute atomic E-state index is 0.344. The predicted octanol–water partition coefficient (Wildman–Crippen LogP) is 2.77. The van der Waals surface area contributed by atoms with Gasteiger partial charge in [0, 0.05) is 17.8 Å². The van der Waals surface area contributed by atoms with Gasteiger partial charge in [-0.25, -0.2) is 4.98 Å². The molecule has 17 heavy (non-hydrogen) atoms. The predicted molar refractivity (Wildman–Crippen MR) is 60.9 cm³/mol. The fraction of sp³-hybridized carbons (Fsp3) is 0.0769. The van der Waals surface area contributed by atoms with Crippen LogP contribution in [0.25, 0.3) is 11.1 Å². The van der Waals surface area contributed by atoms with Gasteiger partial charge in [0.05, 0.1) is 12.7 Å². The maximum Gasteiger partial charge on any atom is 0.213 e. The molecular weight excluding hydrogens is 219 g/mol. The standard InChI is InChI=1S/C13H9FN2O/c1-17-11-4-2-9(3-5-11)12-6-13(14)16-8-10(12)7-15/h2-6,8H,1H3. The third-order valence-electron chi connectivity index (χ3n) is 2.39. The summed E-state index contributed by atoms with van der Waals surface area (Å²) in [4.78, 5) is 3.46. The Bertz CT molecular complexity index is 573. The molecule has 0 saturated carbocycles. The normalized spacial score (nSPS) is 9.71. The second-order valence-corrected chi connectivity index (χ2v) is 3.39. The summed E-state index contributed by atoms with van der Waals surface area (Å²) in [5.41, 5.74) is 1.63. The van der Waals surface area contributed by atoms with Gasteiger partial charge in [0.25, 0.3) is 0 Å². The van der Waals surface area contributed by atoms with Crippen LogP contribution in [-0.2, 0) is 0 Å². The number of halogens is 1. The van der Waals surface area contributed by atoms with Gasteiger partial charge in [-0.05, 0) is 17.7 Å². The summed E-state index contributed by atoms with van der Waals surface area (Å²) < 4.78 is 18.1. The van der Waals surface area contributed by atoms with E-state index in [9.17, 15) is 4.39 Å². The number of aromatic nitrogens is 1. The maximum absolute atomic E-state index is 13.1. The van der Waals surface area contributed by atoms with E-state index in [-0.39, 0.29) is 0 Å². The monoisotopic (exact) mass is 228 g/mol. The van der Waals surface area contributed by atoms with Gasteiger partial charge in [-0.3, -0.25) is 0 Å². The molecule has 2 aromatic rings. The molecule has 1 heterocycles. The molecule has 3 nitrogen and oxygen atoms in total. The Morgan fingerprint density at radius 2 is 2.00 bits per heavy atom. The quantitative estimate of drug-likeness (QED) is 0.742. The van der Waals surface area contributed by atoms with Gasteiger partial charge in [0.1, 0.15) is 11.8 Å². The van der Waals surface area contributed by atoms with E-state index in [1.54, 1.807) is 31.4 Å². The third kappa shape index (κ3) is 2.23. The number of ether oxygens (including phenoxy) is 1. The van der Waals surface area contributed by atoms with Crippen LogP contribution in [0.3, 0.4) is 0 Å². The molecule has 2 rings (SSSR count). The Kier molecular flexibility index (Phi) is 3.01. The van der Waals surface area contributed by atoms with Gasteiger partial charge in [-0.1, -0.05) is 12.1 Å². The smallest absolute Gasteiger partial charge is 0.213 e. The highest BCUT2D eigenvalue weighted by Gasteiger charge is 2.07. The summed E-state index contributed by atoms with van der Waals surface area (Å²) in [7, 11) is 1.57. The minimum Gasteiger partial charge on any atom is -0.497 e. The first-order valence-corrected chi connectivity index (χ1v) is 4.94. The number of rotatable bonds is 2. The second-order valence-electron chi connectivity index (χ2n) is 3.39. The first-order valence-electron chi connectivity index (χ1n) is 4.94. The van der Waals surface area contributed by atoms with Gasteiger partial charge >= 0.3 is 0 Å². The molecule has 0 radical (unpaired) electrons. The lowest BCUT2D eigenvalue weighted by molar-refractivity contribution is 0.415. The van der Waals surface area contributed by atoms with Crippen molar-refractivity contribution in [2.45, 2.75) is 0 Å². The maximum atomic E-state index is 13.1. The lowest BCUT2D eigenvalue weighted by Gasteiger charge is -2.05. The van der Waals surface area contributed by atoms with E-state index in [1.807, 2.05) is 6.07 Å². The van der Waals surface area contributed by atoms with Crippen LogP contribution in [0.2, 0.25) is 0 Å². The fourth-order valence-electron chi connectivity index (χ4n) is 1.53. The molecule has 0 spiro atoms. The van der Waals surface area contributed by atoms with Crippen molar-refractivity contribution in [3.8, 4) is 22.9 Å². The highest BCUT2D eigenvalue weighted by Crippen LogP contribution is 2.25. The molecule has 84 valence electrons. The Morgan fingerprint density at radius 1 is 1.29 bits per heavy atom. The zero-order chi connectivity index (χ0) is 12.3. The van der Waals surface area contributed by atoms with Crippen molar-refractivity contribution in [3.63, 3.8) is 0 Å². The van der Waals surface area contributed by atoms with Crippen molar-refractivity contribution in [2.75, 3.05) is 7.11 Å². The van der Waals surface area contributed by atoms with E-state index in [0.717, 1.165) is 5.56 Å². The van der Waals surface area contributed by atoms with Crippen molar-refractivity contribution in [1.82, 2.24) is 4.98 Å². The van der Waals surface area contributed by atoms with Gasteiger partial charge in [0.2, 0.25) is 5.95 Å². The second kappa shape index (κ2) is 4.62. The van der Waals surface area contributed by atoms with Crippen molar-refractivity contribution >= 4 is 0 Å². The number of nitrogens with zero attached hydrogens (tertiary/aromatic N) is 2. The number of hydrogen-bond acceptors (Lipinski definition) is 3. The molecule has 0 aliphatic rings. The Labute approximate surface area is 98.1 Å². The summed E-state index contributed by atoms with van der Waals surface area (Å²) >= 11 is 0. The third-order valence-corrected chi connectivity index (χ3v) is 2.39. The zero-order valence-electron chi connectivity index (χ0n) is 9.14. The Hall–Kier alpha value is -2.41. The largest absolute Gasteiger partial charge is 0.497 e. The molecule has 0 bridgehead atoms. The molecule has 0 fully saturated rings. The van der Waals surface area contributed by atoms with Crippen molar-refractivity contribution in [3.05, 3.63) is 48.0 Å². The molecule has 0 saturated heterocycles. The van der Waals surface area contributed by atoms with Crippen LogP contribution in [0.15, 0.2) is 36.5 Å². The highest BCUT2D eigenvalue weighted by atomic mass is 19.1. The Morgan fingerprint density at radius 3 is 2.59 bits per heavy atom. The lowest BCUT2D eigenvalue weighted by Crippen LogP contribution is -1.90. The summed E-state index contributed by atoms with van der Waals surface area (Å²) in [5.74, 6) is 0.108. The first-order chi connectivity index (χ1) is 8.24. The molecule has 0 aliphatic heterocycles. The van der Waals surface area contributed by atoms with Crippen LogP contribution < -0.4 is 4.74 Å². The topological polar surface area (TPSA) is 45.9 Å². The Balaban J connectivity index is 2.52. The molecular formula is C13H9FN2O. The number of nitriles is 1. The number of pyridine rings is 1. The average Bonchev–Trinajstić information content (AvgIpc) is 2.39. The molecule has 0 atom stereocenters. The average molecular weight is 228 g/mol. The molecule has 1 aromatic carbocycles. The summed E-state index contributed by atoms with van der Waals surface area (Å²) in [6, 6.07) is 10.3. The van der Waals surface area contributed by atoms with Crippen LogP contribution >= 0.6 is 0 Å². The molecule has 0 unspecified atom stereocenters. The van der Waals surface area contributed by atoms with E-state index in [0.29, 0.717) is 16.9 Å². The van der Waals surface area contributed by atoms with E-state index >= 15 is 0 Å². The number of methoxy groups -OCH3 is 1. The van der Waals surface area contributed by atoms with E-state index in [1.165, 1.54) is 12.3 Å². The zero-order valence-corrected chi connectivity index (χ0v) is 9.14. The van der Waals surface area contributed by atoms with Crippen LogP contribution in [0.5, 0.6) is 5.75 Å². The van der Waals surface area contributed by atoms with Gasteiger partial charge in [0.15, 0.2) is 0 Å². The van der Waals surface area contributed by atoms with Crippen LogP contribution in [0.4, 0.5) is 4.39 Å². The van der Waals surface area contributed by atoms with Gasteiger partial charge < -0.3 is 4.74 Å². The summed E-state index contributed by atoms with van der Waals surface area (Å²) in [6.45, 7) is 0. The molecule has 1 aromatic heterocycles. The fourth-order valence-corrected chi connectivity index (χ4v) is 1.53.